The van der Waals surface area contributed by atoms with Crippen molar-refractivity contribution in [3.05, 3.63) is 56.8 Å². The molecule has 1 aromatic carbocycles. The Morgan fingerprint density at radius 2 is 2.05 bits per heavy atom. The fourth-order valence-electron chi connectivity index (χ4n) is 2.58. The number of ether oxygens (including phenoxy) is 1. The molecule has 1 aromatic heterocycles. The van der Waals surface area contributed by atoms with Gasteiger partial charge in [-0.05, 0) is 42.3 Å². The minimum absolute atomic E-state index is 0.288. The quantitative estimate of drug-likeness (QED) is 0.918. The van der Waals surface area contributed by atoms with Crippen molar-refractivity contribution >= 4 is 11.3 Å². The standard InChI is InChI=1S/C16H19NOS/c1-3-14-6-7-15(19-14)16(17-2)11-4-5-12-9-18-10-13(12)8-11/h4-8,16-17H,3,9-10H2,1-2H3. The van der Waals surface area contributed by atoms with Crippen LogP contribution in [0.2, 0.25) is 0 Å². The molecule has 0 aliphatic carbocycles. The lowest BCUT2D eigenvalue weighted by Crippen LogP contribution is -2.16. The van der Waals surface area contributed by atoms with Gasteiger partial charge in [0.2, 0.25) is 0 Å². The second-order valence-corrected chi connectivity index (χ2v) is 6.10. The highest BCUT2D eigenvalue weighted by atomic mass is 32.1. The van der Waals surface area contributed by atoms with E-state index in [9.17, 15) is 0 Å². The van der Waals surface area contributed by atoms with E-state index in [2.05, 4.69) is 42.6 Å². The van der Waals surface area contributed by atoms with Gasteiger partial charge in [0.25, 0.3) is 0 Å². The van der Waals surface area contributed by atoms with Crippen LogP contribution in [-0.4, -0.2) is 7.05 Å². The van der Waals surface area contributed by atoms with Crippen LogP contribution in [-0.2, 0) is 24.4 Å². The maximum atomic E-state index is 5.49. The highest BCUT2D eigenvalue weighted by Crippen LogP contribution is 2.31. The molecule has 0 spiro atoms. The Bertz CT molecular complexity index is 576. The Morgan fingerprint density at radius 1 is 1.21 bits per heavy atom. The summed E-state index contributed by atoms with van der Waals surface area (Å²) in [4.78, 5) is 2.83. The van der Waals surface area contributed by atoms with Crippen molar-refractivity contribution in [1.82, 2.24) is 5.32 Å². The van der Waals surface area contributed by atoms with Gasteiger partial charge in [0.15, 0.2) is 0 Å². The van der Waals surface area contributed by atoms with Crippen LogP contribution in [0.3, 0.4) is 0 Å². The van der Waals surface area contributed by atoms with Gasteiger partial charge in [-0.15, -0.1) is 11.3 Å². The minimum Gasteiger partial charge on any atom is -0.372 e. The Labute approximate surface area is 118 Å². The average molecular weight is 273 g/mol. The largest absolute Gasteiger partial charge is 0.372 e. The molecule has 0 fully saturated rings. The minimum atomic E-state index is 0.288. The van der Waals surface area contributed by atoms with Crippen molar-refractivity contribution in [2.45, 2.75) is 32.6 Å². The summed E-state index contributed by atoms with van der Waals surface area (Å²) in [5, 5.41) is 3.43. The molecule has 100 valence electrons. The first-order chi connectivity index (χ1) is 9.31. The predicted molar refractivity (Wildman–Crippen MR) is 79.5 cm³/mol. The number of hydrogen-bond donors (Lipinski definition) is 1. The van der Waals surface area contributed by atoms with Gasteiger partial charge < -0.3 is 10.1 Å². The number of benzene rings is 1. The Morgan fingerprint density at radius 3 is 2.79 bits per heavy atom. The summed E-state index contributed by atoms with van der Waals surface area (Å²) in [6, 6.07) is 11.5. The number of rotatable bonds is 4. The van der Waals surface area contributed by atoms with Gasteiger partial charge in [0.05, 0.1) is 19.3 Å². The fraction of sp³-hybridized carbons (Fsp3) is 0.375. The molecular formula is C16H19NOS. The third kappa shape index (κ3) is 2.46. The summed E-state index contributed by atoms with van der Waals surface area (Å²) in [6.45, 7) is 3.72. The van der Waals surface area contributed by atoms with Crippen LogP contribution in [0.25, 0.3) is 0 Å². The summed E-state index contributed by atoms with van der Waals surface area (Å²) in [5.41, 5.74) is 4.00. The highest BCUT2D eigenvalue weighted by Gasteiger charge is 2.18. The average Bonchev–Trinajstić information content (AvgIpc) is 3.07. The van der Waals surface area contributed by atoms with Gasteiger partial charge >= 0.3 is 0 Å². The lowest BCUT2D eigenvalue weighted by atomic mass is 10.0. The third-order valence-corrected chi connectivity index (χ3v) is 4.98. The molecule has 1 aliphatic heterocycles. The molecule has 2 heterocycles. The van der Waals surface area contributed by atoms with Gasteiger partial charge in [-0.3, -0.25) is 0 Å². The first-order valence-corrected chi connectivity index (χ1v) is 7.58. The highest BCUT2D eigenvalue weighted by molar-refractivity contribution is 7.12. The van der Waals surface area contributed by atoms with Crippen molar-refractivity contribution < 1.29 is 4.74 Å². The lowest BCUT2D eigenvalue weighted by Gasteiger charge is -2.16. The van der Waals surface area contributed by atoms with Gasteiger partial charge in [-0.2, -0.15) is 0 Å². The molecule has 0 saturated heterocycles. The molecule has 1 aliphatic rings. The van der Waals surface area contributed by atoms with Gasteiger partial charge in [-0.25, -0.2) is 0 Å². The van der Waals surface area contributed by atoms with Crippen molar-refractivity contribution in [3.63, 3.8) is 0 Å². The van der Waals surface area contributed by atoms with Crippen molar-refractivity contribution in [1.29, 1.82) is 0 Å². The molecule has 2 aromatic rings. The van der Waals surface area contributed by atoms with E-state index in [1.807, 2.05) is 18.4 Å². The van der Waals surface area contributed by atoms with Crippen LogP contribution in [0.5, 0.6) is 0 Å². The molecule has 3 rings (SSSR count). The second kappa shape index (κ2) is 5.45. The summed E-state index contributed by atoms with van der Waals surface area (Å²) >= 11 is 1.90. The molecular weight excluding hydrogens is 254 g/mol. The number of aryl methyl sites for hydroxylation is 1. The van der Waals surface area contributed by atoms with Crippen molar-refractivity contribution in [2.24, 2.45) is 0 Å². The van der Waals surface area contributed by atoms with Crippen LogP contribution in [0.15, 0.2) is 30.3 Å². The van der Waals surface area contributed by atoms with Crippen molar-refractivity contribution in [3.8, 4) is 0 Å². The fourth-order valence-corrected chi connectivity index (χ4v) is 3.68. The summed E-state index contributed by atoms with van der Waals surface area (Å²) in [5.74, 6) is 0. The van der Waals surface area contributed by atoms with Crippen LogP contribution in [0, 0.1) is 0 Å². The van der Waals surface area contributed by atoms with Crippen LogP contribution in [0.1, 0.15) is 39.4 Å². The SMILES string of the molecule is CCc1ccc(C(NC)c2ccc3c(c2)COC3)s1. The predicted octanol–water partition coefficient (Wildman–Crippen LogP) is 3.65. The maximum Gasteiger partial charge on any atom is 0.0725 e. The molecule has 1 unspecified atom stereocenters. The van der Waals surface area contributed by atoms with E-state index < -0.39 is 0 Å². The molecule has 0 radical (unpaired) electrons. The molecule has 0 amide bonds. The molecule has 1 N–H and O–H groups in total. The molecule has 0 bridgehead atoms. The third-order valence-electron chi connectivity index (χ3n) is 3.68. The first kappa shape index (κ1) is 12.9. The number of fused-ring (bicyclic) bond motifs is 1. The van der Waals surface area contributed by atoms with Crippen LogP contribution >= 0.6 is 11.3 Å². The molecule has 0 saturated carbocycles. The Balaban J connectivity index is 1.93. The van der Waals surface area contributed by atoms with E-state index in [0.29, 0.717) is 0 Å². The zero-order valence-electron chi connectivity index (χ0n) is 11.4. The second-order valence-electron chi connectivity index (χ2n) is 4.90. The lowest BCUT2D eigenvalue weighted by molar-refractivity contribution is 0.134. The molecule has 19 heavy (non-hydrogen) atoms. The van der Waals surface area contributed by atoms with Crippen LogP contribution < -0.4 is 5.32 Å². The smallest absolute Gasteiger partial charge is 0.0725 e. The summed E-state index contributed by atoms with van der Waals surface area (Å²) in [6.07, 6.45) is 1.11. The Kier molecular flexibility index (Phi) is 3.69. The number of nitrogens with one attached hydrogen (secondary N) is 1. The van der Waals surface area contributed by atoms with E-state index in [0.717, 1.165) is 19.6 Å². The molecule has 2 nitrogen and oxygen atoms in total. The first-order valence-electron chi connectivity index (χ1n) is 6.77. The number of hydrogen-bond acceptors (Lipinski definition) is 3. The van der Waals surface area contributed by atoms with Gasteiger partial charge in [0.1, 0.15) is 0 Å². The van der Waals surface area contributed by atoms with Crippen LogP contribution in [0.4, 0.5) is 0 Å². The van der Waals surface area contributed by atoms with E-state index >= 15 is 0 Å². The number of thiophene rings is 1. The summed E-state index contributed by atoms with van der Waals surface area (Å²) < 4.78 is 5.49. The molecule has 3 heteroatoms. The topological polar surface area (TPSA) is 21.3 Å². The zero-order chi connectivity index (χ0) is 13.2. The Hall–Kier alpha value is -1.16. The van der Waals surface area contributed by atoms with E-state index in [-0.39, 0.29) is 6.04 Å². The van der Waals surface area contributed by atoms with E-state index in [4.69, 9.17) is 4.74 Å². The molecule has 1 atom stereocenters. The maximum absolute atomic E-state index is 5.49. The van der Waals surface area contributed by atoms with E-state index in [1.165, 1.54) is 26.4 Å². The zero-order valence-corrected chi connectivity index (χ0v) is 12.2. The van der Waals surface area contributed by atoms with Gasteiger partial charge in [-0.1, -0.05) is 25.1 Å². The normalized spacial score (nSPS) is 15.5. The van der Waals surface area contributed by atoms with E-state index in [1.54, 1.807) is 0 Å². The van der Waals surface area contributed by atoms with Crippen molar-refractivity contribution in [2.75, 3.05) is 7.05 Å². The summed E-state index contributed by atoms with van der Waals surface area (Å²) in [7, 11) is 2.03. The van der Waals surface area contributed by atoms with Gasteiger partial charge in [0, 0.05) is 9.75 Å². The monoisotopic (exact) mass is 273 g/mol.